The molecule has 0 saturated carbocycles. The van der Waals surface area contributed by atoms with Crippen LogP contribution in [0.1, 0.15) is 348 Å². The van der Waals surface area contributed by atoms with Gasteiger partial charge in [-0.2, -0.15) is 0 Å². The van der Waals surface area contributed by atoms with E-state index in [1.165, 1.54) is 257 Å². The standard InChI is InChI=1S/C68H133N2O7P/c1-7-10-13-16-19-22-25-28-30-32-34-35-37-39-41-43-46-49-52-55-58-61-68(72)77-66(59-56-53-50-47-44-27-24-21-18-15-12-9-3)65(64-76-78(73,74)75-63-62-70(4,5)6)69-67(71)60-57-54-51-48-45-42-40-38-36-33-31-29-26-23-20-17-14-11-8-2/h28,30,56,59,65-66H,7-27,29,31-55,57-58,60-64H2,1-6H3,(H-,69,71,73,74)/p+1/b30-28+,59-56+. The minimum atomic E-state index is -4.45. The summed E-state index contributed by atoms with van der Waals surface area (Å²) in [5.74, 6) is -0.485. The quantitative estimate of drug-likeness (QED) is 0.0205. The number of nitrogens with zero attached hydrogens (tertiary/aromatic N) is 1. The molecule has 2 N–H and O–H groups in total. The molecule has 1 amide bonds. The number of allylic oxidation sites excluding steroid dienone is 3. The number of hydrogen-bond donors (Lipinski definition) is 2. The van der Waals surface area contributed by atoms with Crippen molar-refractivity contribution in [3.63, 3.8) is 0 Å². The van der Waals surface area contributed by atoms with Crippen molar-refractivity contribution >= 4 is 19.7 Å². The number of rotatable bonds is 63. The van der Waals surface area contributed by atoms with Crippen molar-refractivity contribution in [3.8, 4) is 0 Å². The fraction of sp³-hybridized carbons (Fsp3) is 0.912. The van der Waals surface area contributed by atoms with Crippen molar-refractivity contribution in [2.24, 2.45) is 0 Å². The van der Waals surface area contributed by atoms with Crippen LogP contribution in [0.3, 0.4) is 0 Å². The van der Waals surface area contributed by atoms with Crippen LogP contribution < -0.4 is 5.32 Å². The van der Waals surface area contributed by atoms with Crippen molar-refractivity contribution in [2.75, 3.05) is 40.9 Å². The molecule has 3 atom stereocenters. The number of carbonyl (C=O) groups is 2. The van der Waals surface area contributed by atoms with Crippen molar-refractivity contribution < 1.29 is 37.3 Å². The SMILES string of the molecule is CCCCCCCC/C=C/CCCCCCCCCCCCCC(=O)OC(/C=C/CCCCCCCCCCCC)C(COP(=O)(O)OCC[N+](C)(C)C)NC(=O)CCCCCCCCCCCCCCCCCCCCC. The van der Waals surface area contributed by atoms with E-state index < -0.39 is 20.0 Å². The number of unbranched alkanes of at least 4 members (excludes halogenated alkanes) is 45. The molecule has 0 aliphatic heterocycles. The third-order valence-corrected chi connectivity index (χ3v) is 16.6. The highest BCUT2D eigenvalue weighted by Gasteiger charge is 2.30. The van der Waals surface area contributed by atoms with Gasteiger partial charge in [-0.1, -0.05) is 302 Å². The third kappa shape index (κ3) is 59.1. The maximum atomic E-state index is 13.6. The Bertz CT molecular complexity index is 1380. The lowest BCUT2D eigenvalue weighted by Gasteiger charge is -2.27. The Kier molecular flexibility index (Phi) is 57.5. The molecule has 0 bridgehead atoms. The van der Waals surface area contributed by atoms with Gasteiger partial charge in [0.25, 0.3) is 0 Å². The summed E-state index contributed by atoms with van der Waals surface area (Å²) in [4.78, 5) is 37.8. The van der Waals surface area contributed by atoms with Gasteiger partial charge < -0.3 is 19.4 Å². The van der Waals surface area contributed by atoms with E-state index in [9.17, 15) is 19.0 Å². The molecule has 0 heterocycles. The number of quaternary nitrogens is 1. The van der Waals surface area contributed by atoms with Crippen molar-refractivity contribution in [3.05, 3.63) is 24.3 Å². The molecule has 9 nitrogen and oxygen atoms in total. The van der Waals surface area contributed by atoms with Gasteiger partial charge in [0.1, 0.15) is 19.3 Å². The predicted octanol–water partition coefficient (Wildman–Crippen LogP) is 21.3. The van der Waals surface area contributed by atoms with E-state index in [0.717, 1.165) is 57.8 Å². The van der Waals surface area contributed by atoms with E-state index >= 15 is 0 Å². The summed E-state index contributed by atoms with van der Waals surface area (Å²) in [5, 5.41) is 3.07. The molecule has 0 aliphatic carbocycles. The molecule has 0 aromatic carbocycles. The fourth-order valence-electron chi connectivity index (χ4n) is 10.4. The maximum Gasteiger partial charge on any atom is 0.472 e. The number of esters is 1. The normalized spacial score (nSPS) is 13.7. The van der Waals surface area contributed by atoms with Gasteiger partial charge in [0, 0.05) is 12.8 Å². The van der Waals surface area contributed by atoms with Crippen LogP contribution in [0, 0.1) is 0 Å². The molecule has 462 valence electrons. The summed E-state index contributed by atoms with van der Waals surface area (Å²) >= 11 is 0. The number of hydrogen-bond acceptors (Lipinski definition) is 6. The minimum absolute atomic E-state index is 0.0442. The Labute approximate surface area is 485 Å². The van der Waals surface area contributed by atoms with Crippen LogP contribution in [0.5, 0.6) is 0 Å². The predicted molar refractivity (Wildman–Crippen MR) is 337 cm³/mol. The molecule has 0 saturated heterocycles. The first-order chi connectivity index (χ1) is 37.9. The zero-order valence-electron chi connectivity index (χ0n) is 52.9. The number of phosphoric ester groups is 1. The molecule has 3 unspecified atom stereocenters. The molecule has 0 radical (unpaired) electrons. The van der Waals surface area contributed by atoms with Gasteiger partial charge in [-0.3, -0.25) is 18.6 Å². The van der Waals surface area contributed by atoms with E-state index in [-0.39, 0.29) is 25.1 Å². The topological polar surface area (TPSA) is 111 Å². The molecule has 0 spiro atoms. The van der Waals surface area contributed by atoms with Gasteiger partial charge in [-0.15, -0.1) is 0 Å². The van der Waals surface area contributed by atoms with Crippen molar-refractivity contribution in [1.29, 1.82) is 0 Å². The Hall–Kier alpha value is -1.51. The van der Waals surface area contributed by atoms with Gasteiger partial charge in [0.05, 0.1) is 33.8 Å². The Morgan fingerprint density at radius 3 is 1.09 bits per heavy atom. The summed E-state index contributed by atoms with van der Waals surface area (Å²) in [6.07, 6.45) is 70.4. The number of amides is 1. The molecule has 10 heteroatoms. The van der Waals surface area contributed by atoms with Crippen LogP contribution in [0.25, 0.3) is 0 Å². The number of phosphoric acid groups is 1. The van der Waals surface area contributed by atoms with E-state index in [0.29, 0.717) is 23.9 Å². The Morgan fingerprint density at radius 2 is 0.744 bits per heavy atom. The smallest absolute Gasteiger partial charge is 0.456 e. The second-order valence-corrected chi connectivity index (χ2v) is 26.2. The molecular weight excluding hydrogens is 988 g/mol. The lowest BCUT2D eigenvalue weighted by Crippen LogP contribution is -2.47. The van der Waals surface area contributed by atoms with E-state index in [2.05, 4.69) is 38.2 Å². The number of ether oxygens (including phenoxy) is 1. The van der Waals surface area contributed by atoms with E-state index in [1.807, 2.05) is 33.3 Å². The van der Waals surface area contributed by atoms with Crippen LogP contribution in [-0.4, -0.2) is 74.3 Å². The molecule has 0 aromatic rings. The number of nitrogens with one attached hydrogen (secondary N) is 1. The van der Waals surface area contributed by atoms with Crippen molar-refractivity contribution in [1.82, 2.24) is 5.32 Å². The van der Waals surface area contributed by atoms with Crippen molar-refractivity contribution in [2.45, 2.75) is 360 Å². The second-order valence-electron chi connectivity index (χ2n) is 24.7. The molecular formula is C68H134N2O7P+. The third-order valence-electron chi connectivity index (χ3n) is 15.6. The van der Waals surface area contributed by atoms with Crippen LogP contribution in [0.2, 0.25) is 0 Å². The highest BCUT2D eigenvalue weighted by Crippen LogP contribution is 2.43. The fourth-order valence-corrected chi connectivity index (χ4v) is 11.1. The average Bonchev–Trinajstić information content (AvgIpc) is 3.40. The summed E-state index contributed by atoms with van der Waals surface area (Å²) in [6.45, 7) is 7.07. The second kappa shape index (κ2) is 58.7. The molecule has 0 fully saturated rings. The maximum absolute atomic E-state index is 13.6. The summed E-state index contributed by atoms with van der Waals surface area (Å²) in [7, 11) is 1.52. The first kappa shape index (κ1) is 76.5. The first-order valence-corrected chi connectivity index (χ1v) is 35.7. The summed E-state index contributed by atoms with van der Waals surface area (Å²) in [5.41, 5.74) is 0. The van der Waals surface area contributed by atoms with Crippen LogP contribution >= 0.6 is 7.82 Å². The highest BCUT2D eigenvalue weighted by atomic mass is 31.2. The van der Waals surface area contributed by atoms with Gasteiger partial charge in [0.2, 0.25) is 5.91 Å². The summed E-state index contributed by atoms with van der Waals surface area (Å²) < 4.78 is 30.8. The minimum Gasteiger partial charge on any atom is -0.456 e. The Morgan fingerprint density at radius 1 is 0.436 bits per heavy atom. The van der Waals surface area contributed by atoms with Crippen LogP contribution in [-0.2, 0) is 27.9 Å². The highest BCUT2D eigenvalue weighted by molar-refractivity contribution is 7.47. The lowest BCUT2D eigenvalue weighted by atomic mass is 10.0. The zero-order chi connectivity index (χ0) is 57.2. The van der Waals surface area contributed by atoms with E-state index in [1.54, 1.807) is 0 Å². The van der Waals surface area contributed by atoms with Gasteiger partial charge >= 0.3 is 13.8 Å². The monoisotopic (exact) mass is 1120 g/mol. The summed E-state index contributed by atoms with van der Waals surface area (Å²) in [6, 6.07) is -0.843. The molecule has 0 aliphatic rings. The first-order valence-electron chi connectivity index (χ1n) is 34.2. The number of likely N-dealkylation sites (N-methyl/N-ethyl adjacent to an activating group) is 1. The van der Waals surface area contributed by atoms with Gasteiger partial charge in [0.15, 0.2) is 0 Å². The molecule has 0 rings (SSSR count). The largest absolute Gasteiger partial charge is 0.472 e. The lowest BCUT2D eigenvalue weighted by molar-refractivity contribution is -0.870. The van der Waals surface area contributed by atoms with Crippen LogP contribution in [0.4, 0.5) is 0 Å². The Balaban J connectivity index is 5.11. The van der Waals surface area contributed by atoms with Gasteiger partial charge in [-0.05, 0) is 57.4 Å². The van der Waals surface area contributed by atoms with Gasteiger partial charge in [-0.25, -0.2) is 4.57 Å². The zero-order valence-corrected chi connectivity index (χ0v) is 53.8. The average molecular weight is 1120 g/mol. The molecule has 78 heavy (non-hydrogen) atoms. The van der Waals surface area contributed by atoms with E-state index in [4.69, 9.17) is 13.8 Å². The number of carbonyl (C=O) groups excluding carboxylic acids is 2. The van der Waals surface area contributed by atoms with Crippen LogP contribution in [0.15, 0.2) is 24.3 Å². The molecule has 0 aromatic heterocycles.